The van der Waals surface area contributed by atoms with Crippen molar-refractivity contribution in [2.45, 2.75) is 59.3 Å². The molecule has 7 heteroatoms. The monoisotopic (exact) mass is 373 g/mol. The van der Waals surface area contributed by atoms with Crippen LogP contribution in [-0.2, 0) is 25.6 Å². The molecule has 1 aromatic rings. The normalized spacial score (nSPS) is 18.0. The van der Waals surface area contributed by atoms with Gasteiger partial charge in [-0.25, -0.2) is 4.79 Å². The first-order valence-electron chi connectivity index (χ1n) is 9.26. The summed E-state index contributed by atoms with van der Waals surface area (Å²) in [6, 6.07) is 3.81. The van der Waals surface area contributed by atoms with E-state index in [1.165, 1.54) is 13.0 Å². The molecule has 0 saturated carbocycles. The van der Waals surface area contributed by atoms with Crippen LogP contribution in [0.3, 0.4) is 0 Å². The lowest BCUT2D eigenvalue weighted by Gasteiger charge is -2.14. The highest BCUT2D eigenvalue weighted by atomic mass is 16.5. The number of rotatable bonds is 7. The second-order valence-electron chi connectivity index (χ2n) is 6.68. The van der Waals surface area contributed by atoms with E-state index in [1.54, 1.807) is 6.92 Å². The Morgan fingerprint density at radius 3 is 2.85 bits per heavy atom. The fourth-order valence-electron chi connectivity index (χ4n) is 3.13. The van der Waals surface area contributed by atoms with Crippen molar-refractivity contribution in [3.63, 3.8) is 0 Å². The summed E-state index contributed by atoms with van der Waals surface area (Å²) in [5, 5.41) is 11.9. The number of amides is 1. The van der Waals surface area contributed by atoms with Crippen molar-refractivity contribution < 1.29 is 19.1 Å². The van der Waals surface area contributed by atoms with Gasteiger partial charge in [0.1, 0.15) is 11.6 Å². The highest BCUT2D eigenvalue weighted by molar-refractivity contribution is 5.99. The van der Waals surface area contributed by atoms with Crippen LogP contribution in [0.25, 0.3) is 6.08 Å². The van der Waals surface area contributed by atoms with Crippen molar-refractivity contribution in [1.29, 1.82) is 5.26 Å². The molecule has 0 aliphatic carbocycles. The molecule has 1 fully saturated rings. The molecule has 0 spiro atoms. The van der Waals surface area contributed by atoms with E-state index >= 15 is 0 Å². The molecule has 0 aromatic carbocycles. The molecule has 1 aromatic heterocycles. The largest absolute Gasteiger partial charge is 0.448 e. The third kappa shape index (κ3) is 5.20. The first kappa shape index (κ1) is 20.7. The zero-order valence-corrected chi connectivity index (χ0v) is 16.4. The smallest absolute Gasteiger partial charge is 0.349 e. The highest BCUT2D eigenvalue weighted by Gasteiger charge is 2.22. The summed E-state index contributed by atoms with van der Waals surface area (Å²) in [6.07, 6.45) is 2.87. The van der Waals surface area contributed by atoms with E-state index in [9.17, 15) is 14.9 Å². The molecule has 0 bridgehead atoms. The first-order chi connectivity index (χ1) is 12.9. The lowest BCUT2D eigenvalue weighted by atomic mass is 10.1. The number of carbonyl (C=O) groups is 2. The van der Waals surface area contributed by atoms with Crippen LogP contribution in [0.1, 0.15) is 43.6 Å². The highest BCUT2D eigenvalue weighted by Crippen LogP contribution is 2.22. The zero-order valence-electron chi connectivity index (χ0n) is 16.4. The van der Waals surface area contributed by atoms with Gasteiger partial charge in [-0.3, -0.25) is 4.79 Å². The predicted molar refractivity (Wildman–Crippen MR) is 101 cm³/mol. The summed E-state index contributed by atoms with van der Waals surface area (Å²) in [5.74, 6) is -1.20. The Morgan fingerprint density at radius 2 is 2.26 bits per heavy atom. The van der Waals surface area contributed by atoms with Gasteiger partial charge in [0.05, 0.1) is 6.10 Å². The molecular formula is C20H27N3O4. The molecule has 1 N–H and O–H groups in total. The molecule has 0 unspecified atom stereocenters. The first-order valence-corrected chi connectivity index (χ1v) is 9.26. The molecule has 0 radical (unpaired) electrons. The Balaban J connectivity index is 2.16. The number of aryl methyl sites for hydroxylation is 1. The molecule has 7 nitrogen and oxygen atoms in total. The Kier molecular flexibility index (Phi) is 7.19. The number of esters is 1. The Morgan fingerprint density at radius 1 is 1.52 bits per heavy atom. The second kappa shape index (κ2) is 9.38. The molecule has 1 aliphatic rings. The molecule has 2 atom stereocenters. The average molecular weight is 373 g/mol. The minimum Gasteiger partial charge on any atom is -0.448 e. The minimum atomic E-state index is -0.957. The van der Waals surface area contributed by atoms with Crippen LogP contribution in [0.5, 0.6) is 0 Å². The Hall–Kier alpha value is -2.59. The van der Waals surface area contributed by atoms with Crippen LogP contribution < -0.4 is 5.32 Å². The number of ether oxygens (including phenoxy) is 2. The number of likely N-dealkylation sites (N-methyl/N-ethyl adjacent to an activating group) is 1. The van der Waals surface area contributed by atoms with Crippen LogP contribution in [0, 0.1) is 25.2 Å². The van der Waals surface area contributed by atoms with Crippen molar-refractivity contribution in [2.24, 2.45) is 0 Å². The van der Waals surface area contributed by atoms with E-state index in [2.05, 4.69) is 9.88 Å². The summed E-state index contributed by atoms with van der Waals surface area (Å²) in [7, 11) is 0. The van der Waals surface area contributed by atoms with Gasteiger partial charge in [0.2, 0.25) is 0 Å². The standard InChI is InChI=1S/C20H27N3O4/c1-5-22-19(24)15(4)27-20(25)17(11-21)10-16-9-13(2)23(14(16)3)12-18-7-6-8-26-18/h9-10,15,18H,5-8,12H2,1-4H3,(H,22,24)/b17-10+/t15-,18+/m0/s1. The van der Waals surface area contributed by atoms with E-state index in [-0.39, 0.29) is 11.7 Å². The van der Waals surface area contributed by atoms with Crippen molar-refractivity contribution in [3.8, 4) is 6.07 Å². The maximum atomic E-state index is 12.3. The lowest BCUT2D eigenvalue weighted by Crippen LogP contribution is -2.35. The molecule has 1 saturated heterocycles. The zero-order chi connectivity index (χ0) is 20.0. The van der Waals surface area contributed by atoms with Crippen LogP contribution in [0.4, 0.5) is 0 Å². The molecule has 1 aliphatic heterocycles. The van der Waals surface area contributed by atoms with Gasteiger partial charge in [-0.2, -0.15) is 5.26 Å². The molecule has 1 amide bonds. The summed E-state index contributed by atoms with van der Waals surface area (Å²) >= 11 is 0. The molecule has 2 rings (SSSR count). The van der Waals surface area contributed by atoms with Gasteiger partial charge in [-0.05, 0) is 58.2 Å². The number of carbonyl (C=O) groups excluding carboxylic acids is 2. The summed E-state index contributed by atoms with van der Waals surface area (Å²) in [5.41, 5.74) is 2.64. The number of hydrogen-bond donors (Lipinski definition) is 1. The van der Waals surface area contributed by atoms with Crippen molar-refractivity contribution in [3.05, 3.63) is 28.6 Å². The summed E-state index contributed by atoms with van der Waals surface area (Å²) in [6.45, 7) is 9.19. The van der Waals surface area contributed by atoms with Gasteiger partial charge >= 0.3 is 5.97 Å². The van der Waals surface area contributed by atoms with Gasteiger partial charge in [0.15, 0.2) is 6.10 Å². The summed E-state index contributed by atoms with van der Waals surface area (Å²) in [4.78, 5) is 24.0. The predicted octanol–water partition coefficient (Wildman–Crippen LogP) is 2.26. The number of nitrogens with zero attached hydrogens (tertiary/aromatic N) is 2. The Bertz CT molecular complexity index is 767. The molecule has 2 heterocycles. The van der Waals surface area contributed by atoms with Gasteiger partial charge in [-0.1, -0.05) is 0 Å². The van der Waals surface area contributed by atoms with Crippen LogP contribution in [0.2, 0.25) is 0 Å². The number of aromatic nitrogens is 1. The molecule has 146 valence electrons. The lowest BCUT2D eigenvalue weighted by molar-refractivity contribution is -0.150. The van der Waals surface area contributed by atoms with Crippen LogP contribution in [0.15, 0.2) is 11.6 Å². The quantitative estimate of drug-likeness (QED) is 0.449. The van der Waals surface area contributed by atoms with Gasteiger partial charge in [0.25, 0.3) is 5.91 Å². The number of nitrogens with one attached hydrogen (secondary N) is 1. The maximum absolute atomic E-state index is 12.3. The van der Waals surface area contributed by atoms with E-state index in [1.807, 2.05) is 26.0 Å². The third-order valence-electron chi connectivity index (χ3n) is 4.67. The SMILES string of the molecule is CCNC(=O)[C@H](C)OC(=O)/C(C#N)=C/c1cc(C)n(C[C@H]2CCCO2)c1C. The van der Waals surface area contributed by atoms with Crippen molar-refractivity contribution >= 4 is 18.0 Å². The maximum Gasteiger partial charge on any atom is 0.349 e. The van der Waals surface area contributed by atoms with E-state index in [4.69, 9.17) is 9.47 Å². The Labute approximate surface area is 159 Å². The van der Waals surface area contributed by atoms with Gasteiger partial charge in [0, 0.05) is 31.1 Å². The van der Waals surface area contributed by atoms with E-state index < -0.39 is 18.0 Å². The van der Waals surface area contributed by atoms with E-state index in [0.29, 0.717) is 6.54 Å². The van der Waals surface area contributed by atoms with E-state index in [0.717, 1.165) is 42.9 Å². The minimum absolute atomic E-state index is 0.136. The summed E-state index contributed by atoms with van der Waals surface area (Å²) < 4.78 is 12.9. The van der Waals surface area contributed by atoms with Crippen LogP contribution >= 0.6 is 0 Å². The van der Waals surface area contributed by atoms with Crippen molar-refractivity contribution in [2.75, 3.05) is 13.2 Å². The second-order valence-corrected chi connectivity index (χ2v) is 6.68. The average Bonchev–Trinajstić information content (AvgIpc) is 3.23. The van der Waals surface area contributed by atoms with Gasteiger partial charge < -0.3 is 19.4 Å². The topological polar surface area (TPSA) is 93.4 Å². The fourth-order valence-corrected chi connectivity index (χ4v) is 3.13. The van der Waals surface area contributed by atoms with Crippen molar-refractivity contribution in [1.82, 2.24) is 9.88 Å². The fraction of sp³-hybridized carbons (Fsp3) is 0.550. The third-order valence-corrected chi connectivity index (χ3v) is 4.67. The molecule has 27 heavy (non-hydrogen) atoms. The molecular weight excluding hydrogens is 346 g/mol. The van der Waals surface area contributed by atoms with Gasteiger partial charge in [-0.15, -0.1) is 0 Å². The van der Waals surface area contributed by atoms with Crippen LogP contribution in [-0.4, -0.2) is 41.8 Å². The number of hydrogen-bond acceptors (Lipinski definition) is 5. The number of nitriles is 1.